The molecule has 0 atom stereocenters. The molecule has 2 aromatic rings. The molecule has 1 fully saturated rings. The Morgan fingerprint density at radius 3 is 2.48 bits per heavy atom. The van der Waals surface area contributed by atoms with Gasteiger partial charge in [0.1, 0.15) is 5.69 Å². The highest BCUT2D eigenvalue weighted by Gasteiger charge is 2.21. The molecular formula is C17H17Cl3N4O. The van der Waals surface area contributed by atoms with E-state index in [-0.39, 0.29) is 20.8 Å². The summed E-state index contributed by atoms with van der Waals surface area (Å²) in [6.45, 7) is 3.75. The van der Waals surface area contributed by atoms with Gasteiger partial charge in [0, 0.05) is 32.4 Å². The highest BCUT2D eigenvalue weighted by Crippen LogP contribution is 2.32. The lowest BCUT2D eigenvalue weighted by molar-refractivity contribution is 0.102. The van der Waals surface area contributed by atoms with E-state index in [1.807, 2.05) is 24.3 Å². The molecule has 1 N–H and O–H groups in total. The minimum absolute atomic E-state index is 0.0451. The third-order valence-electron chi connectivity index (χ3n) is 4.13. The Bertz CT molecular complexity index is 791. The van der Waals surface area contributed by atoms with Crippen LogP contribution in [0.3, 0.4) is 0 Å². The number of hydrogen-bond donors (Lipinski definition) is 1. The Kier molecular flexibility index (Phi) is 5.69. The van der Waals surface area contributed by atoms with E-state index < -0.39 is 5.91 Å². The maximum absolute atomic E-state index is 12.6. The molecule has 1 aromatic heterocycles. The van der Waals surface area contributed by atoms with Gasteiger partial charge in [0.15, 0.2) is 0 Å². The van der Waals surface area contributed by atoms with Crippen LogP contribution in [-0.2, 0) is 0 Å². The van der Waals surface area contributed by atoms with Gasteiger partial charge in [-0.05, 0) is 19.2 Å². The lowest BCUT2D eigenvalue weighted by Crippen LogP contribution is -2.44. The van der Waals surface area contributed by atoms with Crippen molar-refractivity contribution in [2.75, 3.05) is 43.4 Å². The molecular weight excluding hydrogens is 383 g/mol. The number of halogens is 3. The van der Waals surface area contributed by atoms with Crippen molar-refractivity contribution >= 4 is 52.1 Å². The lowest BCUT2D eigenvalue weighted by Gasteiger charge is -2.35. The van der Waals surface area contributed by atoms with Crippen LogP contribution in [0.4, 0.5) is 11.4 Å². The van der Waals surface area contributed by atoms with E-state index in [4.69, 9.17) is 34.8 Å². The van der Waals surface area contributed by atoms with Crippen LogP contribution in [0.1, 0.15) is 10.5 Å². The molecule has 5 nitrogen and oxygen atoms in total. The zero-order valence-corrected chi connectivity index (χ0v) is 15.9. The van der Waals surface area contributed by atoms with Crippen LogP contribution in [0.15, 0.2) is 30.5 Å². The number of pyridine rings is 1. The molecule has 0 unspecified atom stereocenters. The predicted molar refractivity (Wildman–Crippen MR) is 103 cm³/mol. The van der Waals surface area contributed by atoms with Gasteiger partial charge in [0.05, 0.1) is 26.4 Å². The zero-order valence-electron chi connectivity index (χ0n) is 13.6. The molecule has 1 aliphatic heterocycles. The number of piperazine rings is 1. The summed E-state index contributed by atoms with van der Waals surface area (Å²) in [7, 11) is 2.10. The third-order valence-corrected chi connectivity index (χ3v) is 5.37. The second-order valence-electron chi connectivity index (χ2n) is 5.84. The molecule has 1 saturated heterocycles. The van der Waals surface area contributed by atoms with Crippen LogP contribution in [0, 0.1) is 0 Å². The van der Waals surface area contributed by atoms with E-state index in [2.05, 4.69) is 27.1 Å². The third kappa shape index (κ3) is 4.01. The molecule has 2 heterocycles. The minimum atomic E-state index is -0.426. The van der Waals surface area contributed by atoms with Gasteiger partial charge in [0.2, 0.25) is 0 Å². The van der Waals surface area contributed by atoms with Crippen molar-refractivity contribution in [2.24, 2.45) is 0 Å². The van der Waals surface area contributed by atoms with Crippen LogP contribution in [0.2, 0.25) is 15.1 Å². The Hall–Kier alpha value is -1.53. The maximum atomic E-state index is 12.6. The normalized spacial score (nSPS) is 15.3. The number of amides is 1. The number of likely N-dealkylation sites (N-methyl/N-ethyl adjacent to an activating group) is 1. The fraction of sp³-hybridized carbons (Fsp3) is 0.294. The molecule has 25 heavy (non-hydrogen) atoms. The first kappa shape index (κ1) is 18.3. The Balaban J connectivity index is 1.84. The topological polar surface area (TPSA) is 48.5 Å². The Morgan fingerprint density at radius 2 is 1.76 bits per heavy atom. The van der Waals surface area contributed by atoms with Gasteiger partial charge in [-0.1, -0.05) is 46.9 Å². The van der Waals surface area contributed by atoms with Crippen LogP contribution >= 0.6 is 34.8 Å². The van der Waals surface area contributed by atoms with Crippen molar-refractivity contribution in [1.29, 1.82) is 0 Å². The van der Waals surface area contributed by atoms with Crippen molar-refractivity contribution in [1.82, 2.24) is 9.88 Å². The van der Waals surface area contributed by atoms with Crippen LogP contribution in [0.25, 0.3) is 0 Å². The zero-order chi connectivity index (χ0) is 18.0. The van der Waals surface area contributed by atoms with Gasteiger partial charge in [-0.3, -0.25) is 4.79 Å². The lowest BCUT2D eigenvalue weighted by atomic mass is 10.2. The molecule has 132 valence electrons. The summed E-state index contributed by atoms with van der Waals surface area (Å²) in [6.07, 6.45) is 1.32. The van der Waals surface area contributed by atoms with E-state index in [0.717, 1.165) is 31.9 Å². The van der Waals surface area contributed by atoms with Crippen molar-refractivity contribution in [3.8, 4) is 0 Å². The molecule has 0 aliphatic carbocycles. The highest BCUT2D eigenvalue weighted by atomic mass is 35.5. The number of carbonyl (C=O) groups is 1. The average molecular weight is 400 g/mol. The second-order valence-corrected chi connectivity index (χ2v) is 7.01. The number of benzene rings is 1. The van der Waals surface area contributed by atoms with E-state index in [1.165, 1.54) is 6.20 Å². The SMILES string of the molecule is CN1CCN(c2ccccc2NC(=O)c2ncc(Cl)c(Cl)c2Cl)CC1. The number of nitrogens with zero attached hydrogens (tertiary/aromatic N) is 3. The molecule has 1 amide bonds. The number of anilines is 2. The highest BCUT2D eigenvalue weighted by molar-refractivity contribution is 6.49. The smallest absolute Gasteiger partial charge is 0.275 e. The molecule has 8 heteroatoms. The molecule has 0 bridgehead atoms. The number of hydrogen-bond acceptors (Lipinski definition) is 4. The number of aromatic nitrogens is 1. The molecule has 0 saturated carbocycles. The van der Waals surface area contributed by atoms with Crippen molar-refractivity contribution in [3.05, 3.63) is 51.2 Å². The summed E-state index contributed by atoms with van der Waals surface area (Å²) >= 11 is 18.0. The first-order valence-electron chi connectivity index (χ1n) is 7.80. The first-order chi connectivity index (χ1) is 12.0. The van der Waals surface area contributed by atoms with Crippen molar-refractivity contribution in [2.45, 2.75) is 0 Å². The monoisotopic (exact) mass is 398 g/mol. The van der Waals surface area contributed by atoms with Crippen LogP contribution < -0.4 is 10.2 Å². The van der Waals surface area contributed by atoms with Crippen LogP contribution in [-0.4, -0.2) is 49.0 Å². The van der Waals surface area contributed by atoms with E-state index in [9.17, 15) is 4.79 Å². The van der Waals surface area contributed by atoms with Gasteiger partial charge in [-0.15, -0.1) is 0 Å². The number of carbonyl (C=O) groups excluding carboxylic acids is 1. The molecule has 1 aromatic carbocycles. The van der Waals surface area contributed by atoms with Gasteiger partial charge in [-0.25, -0.2) is 4.98 Å². The minimum Gasteiger partial charge on any atom is -0.367 e. The predicted octanol–water partition coefficient (Wildman–Crippen LogP) is 4.05. The van der Waals surface area contributed by atoms with E-state index >= 15 is 0 Å². The summed E-state index contributed by atoms with van der Waals surface area (Å²) < 4.78 is 0. The van der Waals surface area contributed by atoms with E-state index in [0.29, 0.717) is 5.69 Å². The Morgan fingerprint density at radius 1 is 1.08 bits per heavy atom. The molecule has 0 spiro atoms. The van der Waals surface area contributed by atoms with Gasteiger partial charge in [0.25, 0.3) is 5.91 Å². The maximum Gasteiger partial charge on any atom is 0.275 e. The van der Waals surface area contributed by atoms with Gasteiger partial charge in [-0.2, -0.15) is 0 Å². The van der Waals surface area contributed by atoms with Gasteiger partial charge >= 0.3 is 0 Å². The second kappa shape index (κ2) is 7.79. The Labute approximate surface area is 161 Å². The van der Waals surface area contributed by atoms with E-state index in [1.54, 1.807) is 0 Å². The molecule has 1 aliphatic rings. The fourth-order valence-corrected chi connectivity index (χ4v) is 3.25. The summed E-state index contributed by atoms with van der Waals surface area (Å²) in [5.41, 5.74) is 1.73. The summed E-state index contributed by atoms with van der Waals surface area (Å²) in [5.74, 6) is -0.426. The van der Waals surface area contributed by atoms with Crippen molar-refractivity contribution < 1.29 is 4.79 Å². The number of rotatable bonds is 3. The summed E-state index contributed by atoms with van der Waals surface area (Å²) in [4.78, 5) is 21.1. The average Bonchev–Trinajstić information content (AvgIpc) is 2.61. The van der Waals surface area contributed by atoms with Crippen molar-refractivity contribution in [3.63, 3.8) is 0 Å². The fourth-order valence-electron chi connectivity index (χ4n) is 2.69. The standard InChI is InChI=1S/C17H17Cl3N4O/c1-23-6-8-24(9-7-23)13-5-3-2-4-12(13)22-17(25)16-15(20)14(19)11(18)10-21-16/h2-5,10H,6-9H2,1H3,(H,22,25). The molecule has 0 radical (unpaired) electrons. The molecule has 3 rings (SSSR count). The van der Waals surface area contributed by atoms with Crippen LogP contribution in [0.5, 0.6) is 0 Å². The first-order valence-corrected chi connectivity index (χ1v) is 8.94. The number of nitrogens with one attached hydrogen (secondary N) is 1. The summed E-state index contributed by atoms with van der Waals surface area (Å²) in [6, 6.07) is 7.68. The number of para-hydroxylation sites is 2. The largest absolute Gasteiger partial charge is 0.367 e. The van der Waals surface area contributed by atoms with Gasteiger partial charge < -0.3 is 15.1 Å². The summed E-state index contributed by atoms with van der Waals surface area (Å²) in [5, 5.41) is 3.26. The quantitative estimate of drug-likeness (QED) is 0.846.